The van der Waals surface area contributed by atoms with Gasteiger partial charge < -0.3 is 0 Å². The molecule has 0 fully saturated rings. The van der Waals surface area contributed by atoms with Crippen LogP contribution in [0.2, 0.25) is 0 Å². The molecule has 0 aliphatic carbocycles. The number of fused-ring (bicyclic) bond motifs is 1. The van der Waals surface area contributed by atoms with Crippen molar-refractivity contribution in [3.05, 3.63) is 58.9 Å². The number of sulfonamides is 1. The van der Waals surface area contributed by atoms with Gasteiger partial charge in [0.15, 0.2) is 0 Å². The number of amides is 2. The van der Waals surface area contributed by atoms with Gasteiger partial charge >= 0.3 is 0 Å². The van der Waals surface area contributed by atoms with Crippen LogP contribution in [0.15, 0.2) is 41.3 Å². The molecule has 0 radical (unpaired) electrons. The fourth-order valence-electron chi connectivity index (χ4n) is 2.50. The molecular formula is C16H13FN2O4S. The third kappa shape index (κ3) is 2.54. The highest BCUT2D eigenvalue weighted by Gasteiger charge is 2.33. The van der Waals surface area contributed by atoms with Gasteiger partial charge in [0.1, 0.15) is 5.82 Å². The molecule has 3 rings (SSSR count). The van der Waals surface area contributed by atoms with E-state index in [-0.39, 0.29) is 21.7 Å². The minimum absolute atomic E-state index is 0.119. The Morgan fingerprint density at radius 2 is 1.67 bits per heavy atom. The zero-order valence-electron chi connectivity index (χ0n) is 12.8. The standard InChI is InChI=1S/C16H13FN2O4S/c1-9-3-4-10(17)7-14(9)24(22,23)18-11-5-6-12-13(8-11)16(21)19(2)15(12)20/h3-8,18H,1-2H3. The van der Waals surface area contributed by atoms with E-state index in [0.29, 0.717) is 5.56 Å². The van der Waals surface area contributed by atoms with Crippen molar-refractivity contribution in [3.63, 3.8) is 0 Å². The van der Waals surface area contributed by atoms with Gasteiger partial charge in [-0.2, -0.15) is 0 Å². The van der Waals surface area contributed by atoms with E-state index in [1.165, 1.54) is 37.4 Å². The second-order valence-corrected chi connectivity index (χ2v) is 7.10. The largest absolute Gasteiger partial charge is 0.280 e. The van der Waals surface area contributed by atoms with Crippen molar-refractivity contribution < 1.29 is 22.4 Å². The Labute approximate surface area is 138 Å². The van der Waals surface area contributed by atoms with Crippen LogP contribution in [0.3, 0.4) is 0 Å². The number of nitrogens with one attached hydrogen (secondary N) is 1. The summed E-state index contributed by atoms with van der Waals surface area (Å²) in [6.45, 7) is 1.55. The number of hydrogen-bond donors (Lipinski definition) is 1. The molecule has 0 saturated heterocycles. The zero-order valence-corrected chi connectivity index (χ0v) is 13.6. The number of nitrogens with zero attached hydrogens (tertiary/aromatic N) is 1. The lowest BCUT2D eigenvalue weighted by Gasteiger charge is -2.11. The van der Waals surface area contributed by atoms with Gasteiger partial charge in [-0.05, 0) is 42.8 Å². The van der Waals surface area contributed by atoms with Gasteiger partial charge in [-0.25, -0.2) is 12.8 Å². The van der Waals surface area contributed by atoms with Crippen molar-refractivity contribution in [2.75, 3.05) is 11.8 Å². The van der Waals surface area contributed by atoms with Crippen LogP contribution in [-0.4, -0.2) is 32.2 Å². The molecule has 2 aromatic rings. The van der Waals surface area contributed by atoms with E-state index < -0.39 is 27.7 Å². The van der Waals surface area contributed by atoms with Gasteiger partial charge in [-0.1, -0.05) is 6.07 Å². The Morgan fingerprint density at radius 1 is 1.00 bits per heavy atom. The molecule has 0 atom stereocenters. The summed E-state index contributed by atoms with van der Waals surface area (Å²) >= 11 is 0. The summed E-state index contributed by atoms with van der Waals surface area (Å²) in [4.78, 5) is 24.6. The number of rotatable bonds is 3. The third-order valence-electron chi connectivity index (χ3n) is 3.78. The molecule has 1 aliphatic rings. The highest BCUT2D eigenvalue weighted by atomic mass is 32.2. The molecule has 24 heavy (non-hydrogen) atoms. The van der Waals surface area contributed by atoms with Gasteiger partial charge in [-0.3, -0.25) is 19.2 Å². The van der Waals surface area contributed by atoms with Crippen molar-refractivity contribution in [2.45, 2.75) is 11.8 Å². The average molecular weight is 348 g/mol. The maximum atomic E-state index is 13.4. The SMILES string of the molecule is Cc1ccc(F)cc1S(=O)(=O)Nc1ccc2c(c1)C(=O)N(C)C2=O. The number of anilines is 1. The quantitative estimate of drug-likeness (QED) is 0.862. The molecular weight excluding hydrogens is 335 g/mol. The van der Waals surface area contributed by atoms with Gasteiger partial charge in [0.2, 0.25) is 0 Å². The predicted molar refractivity (Wildman–Crippen MR) is 84.8 cm³/mol. The van der Waals surface area contributed by atoms with Gasteiger partial charge in [0.25, 0.3) is 21.8 Å². The predicted octanol–water partition coefficient (Wildman–Crippen LogP) is 2.16. The molecule has 124 valence electrons. The Balaban J connectivity index is 1.99. The van der Waals surface area contributed by atoms with Crippen LogP contribution in [0.4, 0.5) is 10.1 Å². The van der Waals surface area contributed by atoms with Crippen molar-refractivity contribution in [1.29, 1.82) is 0 Å². The maximum Gasteiger partial charge on any atom is 0.262 e. The number of carbonyl (C=O) groups is 2. The summed E-state index contributed by atoms with van der Waals surface area (Å²) in [6.07, 6.45) is 0. The summed E-state index contributed by atoms with van der Waals surface area (Å²) in [5.41, 5.74) is 0.843. The highest BCUT2D eigenvalue weighted by Crippen LogP contribution is 2.27. The molecule has 1 heterocycles. The molecule has 6 nitrogen and oxygen atoms in total. The monoisotopic (exact) mass is 348 g/mol. The van der Waals surface area contributed by atoms with Crippen LogP contribution in [-0.2, 0) is 10.0 Å². The van der Waals surface area contributed by atoms with Crippen molar-refractivity contribution in [1.82, 2.24) is 4.90 Å². The number of carbonyl (C=O) groups excluding carboxylic acids is 2. The zero-order chi connectivity index (χ0) is 17.6. The van der Waals surface area contributed by atoms with E-state index in [1.807, 2.05) is 0 Å². The number of aryl methyl sites for hydroxylation is 1. The van der Waals surface area contributed by atoms with Crippen LogP contribution < -0.4 is 4.72 Å². The highest BCUT2D eigenvalue weighted by molar-refractivity contribution is 7.92. The molecule has 1 aliphatic heterocycles. The van der Waals surface area contributed by atoms with E-state index in [4.69, 9.17) is 0 Å². The smallest absolute Gasteiger partial charge is 0.262 e. The number of imide groups is 1. The fourth-order valence-corrected chi connectivity index (χ4v) is 3.81. The minimum Gasteiger partial charge on any atom is -0.280 e. The molecule has 8 heteroatoms. The summed E-state index contributed by atoms with van der Waals surface area (Å²) in [5.74, 6) is -1.61. The van der Waals surface area contributed by atoms with E-state index in [1.54, 1.807) is 6.92 Å². The van der Waals surface area contributed by atoms with E-state index in [0.717, 1.165) is 11.0 Å². The first kappa shape index (κ1) is 16.1. The third-order valence-corrected chi connectivity index (χ3v) is 5.30. The van der Waals surface area contributed by atoms with Gasteiger partial charge in [-0.15, -0.1) is 0 Å². The van der Waals surface area contributed by atoms with Crippen molar-refractivity contribution in [3.8, 4) is 0 Å². The van der Waals surface area contributed by atoms with E-state index in [2.05, 4.69) is 4.72 Å². The molecule has 0 unspecified atom stereocenters. The van der Waals surface area contributed by atoms with Crippen molar-refractivity contribution >= 4 is 27.5 Å². The van der Waals surface area contributed by atoms with Gasteiger partial charge in [0, 0.05) is 12.7 Å². The Hall–Kier alpha value is -2.74. The molecule has 1 N–H and O–H groups in total. The van der Waals surface area contributed by atoms with Crippen LogP contribution in [0.25, 0.3) is 0 Å². The molecule has 0 aromatic heterocycles. The second-order valence-electron chi connectivity index (χ2n) is 5.45. The van der Waals surface area contributed by atoms with Gasteiger partial charge in [0.05, 0.1) is 16.0 Å². The first-order valence-electron chi connectivity index (χ1n) is 6.96. The summed E-state index contributed by atoms with van der Waals surface area (Å²) in [7, 11) is -2.68. The maximum absolute atomic E-state index is 13.4. The average Bonchev–Trinajstić information content (AvgIpc) is 2.74. The lowest BCUT2D eigenvalue weighted by molar-refractivity contribution is 0.0693. The molecule has 0 saturated carbocycles. The molecule has 2 aromatic carbocycles. The lowest BCUT2D eigenvalue weighted by atomic mass is 10.1. The van der Waals surface area contributed by atoms with Crippen LogP contribution in [0.5, 0.6) is 0 Å². The number of benzene rings is 2. The fraction of sp³-hybridized carbons (Fsp3) is 0.125. The van der Waals surface area contributed by atoms with Crippen LogP contribution in [0.1, 0.15) is 26.3 Å². The van der Waals surface area contributed by atoms with Crippen LogP contribution in [0, 0.1) is 12.7 Å². The summed E-state index contributed by atoms with van der Waals surface area (Å²) in [6, 6.07) is 7.52. The second kappa shape index (κ2) is 5.41. The molecule has 0 bridgehead atoms. The Bertz CT molecular complexity index is 986. The Morgan fingerprint density at radius 3 is 2.38 bits per heavy atom. The topological polar surface area (TPSA) is 83.6 Å². The summed E-state index contributed by atoms with van der Waals surface area (Å²) < 4.78 is 40.5. The lowest BCUT2D eigenvalue weighted by Crippen LogP contribution is -2.24. The molecule has 0 spiro atoms. The Kier molecular flexibility index (Phi) is 3.64. The number of hydrogen-bond acceptors (Lipinski definition) is 4. The normalized spacial score (nSPS) is 14.0. The minimum atomic E-state index is -4.03. The molecule has 2 amide bonds. The first-order valence-corrected chi connectivity index (χ1v) is 8.44. The summed E-state index contributed by atoms with van der Waals surface area (Å²) in [5, 5.41) is 0. The van der Waals surface area contributed by atoms with E-state index in [9.17, 15) is 22.4 Å². The van der Waals surface area contributed by atoms with E-state index >= 15 is 0 Å². The van der Waals surface area contributed by atoms with Crippen LogP contribution >= 0.6 is 0 Å². The first-order chi connectivity index (χ1) is 11.2. The van der Waals surface area contributed by atoms with Crippen molar-refractivity contribution in [2.24, 2.45) is 0 Å². The number of halogens is 1.